The van der Waals surface area contributed by atoms with Gasteiger partial charge in [0, 0.05) is 24.7 Å². The average molecular weight is 496 g/mol. The summed E-state index contributed by atoms with van der Waals surface area (Å²) in [6, 6.07) is 12.7. The van der Waals surface area contributed by atoms with Gasteiger partial charge in [-0.1, -0.05) is 31.0 Å². The molecule has 1 aliphatic heterocycles. The van der Waals surface area contributed by atoms with Crippen molar-refractivity contribution < 1.29 is 13.2 Å². The molecule has 0 bridgehead atoms. The number of fused-ring (bicyclic) bond motifs is 1. The van der Waals surface area contributed by atoms with E-state index in [9.17, 15) is 13.2 Å². The first-order valence-electron chi connectivity index (χ1n) is 12.6. The molecule has 5 rings (SSSR count). The minimum absolute atomic E-state index is 0.113. The lowest BCUT2D eigenvalue weighted by Gasteiger charge is -2.31. The number of hydrogen-bond donors (Lipinski definition) is 1. The standard InChI is InChI=1S/C26H33N5O3S/c1-18-7-12-25-24(17-18)28-29-31(25)21-13-15-30(16-14-21)35(33,34)22-10-8-20(9-11-22)26(32)27-23-6-4-3-5-19(23)2/h7-12,17,19,21,23H,3-6,13-16H2,1-2H3,(H,27,32)/t19-,23-/m1/s1. The molecule has 1 aliphatic carbocycles. The zero-order chi connectivity index (χ0) is 24.6. The molecule has 0 spiro atoms. The summed E-state index contributed by atoms with van der Waals surface area (Å²) in [4.78, 5) is 12.9. The number of rotatable bonds is 5. The molecule has 2 heterocycles. The summed E-state index contributed by atoms with van der Waals surface area (Å²) < 4.78 is 30.0. The summed E-state index contributed by atoms with van der Waals surface area (Å²) in [5.41, 5.74) is 3.47. The molecule has 2 aliphatic rings. The van der Waals surface area contributed by atoms with Gasteiger partial charge in [-0.3, -0.25) is 4.79 Å². The van der Waals surface area contributed by atoms with Crippen LogP contribution >= 0.6 is 0 Å². The van der Waals surface area contributed by atoms with Crippen LogP contribution in [-0.4, -0.2) is 52.8 Å². The predicted octanol–water partition coefficient (Wildman–Crippen LogP) is 4.07. The Balaban J connectivity index is 1.23. The van der Waals surface area contributed by atoms with E-state index in [0.29, 0.717) is 37.4 Å². The minimum atomic E-state index is -3.62. The fourth-order valence-corrected chi connectivity index (χ4v) is 6.83. The smallest absolute Gasteiger partial charge is 0.251 e. The Morgan fingerprint density at radius 3 is 2.43 bits per heavy atom. The van der Waals surface area contributed by atoms with Crippen LogP contribution in [0.3, 0.4) is 0 Å². The van der Waals surface area contributed by atoms with E-state index in [0.717, 1.165) is 35.9 Å². The number of piperidine rings is 1. The Bertz CT molecular complexity index is 1310. The van der Waals surface area contributed by atoms with Gasteiger partial charge < -0.3 is 5.32 Å². The highest BCUT2D eigenvalue weighted by Crippen LogP contribution is 2.29. The molecule has 1 amide bonds. The largest absolute Gasteiger partial charge is 0.349 e. The van der Waals surface area contributed by atoms with Crippen LogP contribution in [0.2, 0.25) is 0 Å². The molecule has 1 saturated heterocycles. The summed E-state index contributed by atoms with van der Waals surface area (Å²) in [5, 5.41) is 11.7. The topological polar surface area (TPSA) is 97.2 Å². The van der Waals surface area contributed by atoms with Gasteiger partial charge in [0.15, 0.2) is 0 Å². The van der Waals surface area contributed by atoms with Crippen molar-refractivity contribution in [3.63, 3.8) is 0 Å². The van der Waals surface area contributed by atoms with E-state index in [2.05, 4.69) is 22.6 Å². The molecule has 1 aromatic heterocycles. The molecule has 8 nitrogen and oxygen atoms in total. The van der Waals surface area contributed by atoms with Crippen molar-refractivity contribution in [1.82, 2.24) is 24.6 Å². The van der Waals surface area contributed by atoms with Gasteiger partial charge in [0.2, 0.25) is 10.0 Å². The first kappa shape index (κ1) is 23.9. The number of sulfonamides is 1. The summed E-state index contributed by atoms with van der Waals surface area (Å²) in [5.74, 6) is 0.332. The normalized spacial score (nSPS) is 22.3. The van der Waals surface area contributed by atoms with E-state index in [1.807, 2.05) is 29.8 Å². The van der Waals surface area contributed by atoms with Crippen molar-refractivity contribution in [3.8, 4) is 0 Å². The van der Waals surface area contributed by atoms with Crippen LogP contribution in [0.1, 0.15) is 67.4 Å². The SMILES string of the molecule is Cc1ccc2c(c1)nnn2C1CCN(S(=O)(=O)c2ccc(C(=O)N[C@@H]3CCCC[C@H]3C)cc2)CC1. The van der Waals surface area contributed by atoms with Crippen molar-refractivity contribution in [1.29, 1.82) is 0 Å². The van der Waals surface area contributed by atoms with Crippen LogP contribution < -0.4 is 5.32 Å². The monoisotopic (exact) mass is 495 g/mol. The van der Waals surface area contributed by atoms with Crippen molar-refractivity contribution in [2.45, 2.75) is 69.4 Å². The van der Waals surface area contributed by atoms with Crippen molar-refractivity contribution >= 4 is 27.0 Å². The maximum Gasteiger partial charge on any atom is 0.251 e. The first-order chi connectivity index (χ1) is 16.8. The van der Waals surface area contributed by atoms with Crippen molar-refractivity contribution in [2.75, 3.05) is 13.1 Å². The van der Waals surface area contributed by atoms with Gasteiger partial charge in [-0.2, -0.15) is 4.31 Å². The van der Waals surface area contributed by atoms with E-state index in [1.54, 1.807) is 24.3 Å². The highest BCUT2D eigenvalue weighted by Gasteiger charge is 2.31. The second kappa shape index (κ2) is 9.70. The third kappa shape index (κ3) is 4.84. The number of benzene rings is 2. The number of aromatic nitrogens is 3. The molecule has 1 saturated carbocycles. The Morgan fingerprint density at radius 1 is 1.00 bits per heavy atom. The fourth-order valence-electron chi connectivity index (χ4n) is 5.36. The average Bonchev–Trinajstić information content (AvgIpc) is 3.28. The number of nitrogens with one attached hydrogen (secondary N) is 1. The van der Waals surface area contributed by atoms with E-state index in [-0.39, 0.29) is 22.9 Å². The van der Waals surface area contributed by atoms with E-state index >= 15 is 0 Å². The quantitative estimate of drug-likeness (QED) is 0.575. The molecule has 2 fully saturated rings. The Hall–Kier alpha value is -2.78. The molecule has 0 unspecified atom stereocenters. The molecule has 186 valence electrons. The molecule has 9 heteroatoms. The number of carbonyl (C=O) groups is 1. The molecule has 35 heavy (non-hydrogen) atoms. The maximum atomic E-state index is 13.3. The highest BCUT2D eigenvalue weighted by molar-refractivity contribution is 7.89. The zero-order valence-electron chi connectivity index (χ0n) is 20.4. The fraction of sp³-hybridized carbons (Fsp3) is 0.500. The lowest BCUT2D eigenvalue weighted by atomic mass is 9.86. The maximum absolute atomic E-state index is 13.3. The Morgan fingerprint density at radius 2 is 1.71 bits per heavy atom. The second-order valence-electron chi connectivity index (χ2n) is 10.0. The van der Waals surface area contributed by atoms with Crippen LogP contribution in [-0.2, 0) is 10.0 Å². The van der Waals surface area contributed by atoms with Gasteiger partial charge in [0.1, 0.15) is 5.52 Å². The van der Waals surface area contributed by atoms with Gasteiger partial charge in [-0.05, 0) is 80.5 Å². The Kier molecular flexibility index (Phi) is 6.63. The van der Waals surface area contributed by atoms with Gasteiger partial charge in [-0.15, -0.1) is 5.10 Å². The third-order valence-electron chi connectivity index (χ3n) is 7.58. The number of carbonyl (C=O) groups excluding carboxylic acids is 1. The van der Waals surface area contributed by atoms with E-state index < -0.39 is 10.0 Å². The lowest BCUT2D eigenvalue weighted by Crippen LogP contribution is -2.41. The second-order valence-corrected chi connectivity index (χ2v) is 12.0. The molecule has 0 radical (unpaired) electrons. The molecule has 2 aromatic carbocycles. The summed E-state index contributed by atoms with van der Waals surface area (Å²) >= 11 is 0. The molecule has 3 aromatic rings. The third-order valence-corrected chi connectivity index (χ3v) is 9.49. The van der Waals surface area contributed by atoms with Gasteiger partial charge in [0.05, 0.1) is 16.5 Å². The van der Waals surface area contributed by atoms with Crippen LogP contribution in [0.25, 0.3) is 11.0 Å². The van der Waals surface area contributed by atoms with Crippen LogP contribution in [0, 0.1) is 12.8 Å². The molecular formula is C26H33N5O3S. The Labute approximate surface area is 206 Å². The lowest BCUT2D eigenvalue weighted by molar-refractivity contribution is 0.0910. The van der Waals surface area contributed by atoms with Gasteiger partial charge in [0.25, 0.3) is 5.91 Å². The first-order valence-corrected chi connectivity index (χ1v) is 14.0. The van der Waals surface area contributed by atoms with E-state index in [1.165, 1.54) is 10.7 Å². The van der Waals surface area contributed by atoms with Crippen LogP contribution in [0.5, 0.6) is 0 Å². The zero-order valence-corrected chi connectivity index (χ0v) is 21.2. The highest BCUT2D eigenvalue weighted by atomic mass is 32.2. The molecule has 2 atom stereocenters. The van der Waals surface area contributed by atoms with Crippen molar-refractivity contribution in [3.05, 3.63) is 53.6 Å². The van der Waals surface area contributed by atoms with Crippen molar-refractivity contribution in [2.24, 2.45) is 5.92 Å². The predicted molar refractivity (Wildman–Crippen MR) is 135 cm³/mol. The summed E-state index contributed by atoms with van der Waals surface area (Å²) in [6.07, 6.45) is 5.82. The summed E-state index contributed by atoms with van der Waals surface area (Å²) in [6.45, 7) is 5.04. The minimum Gasteiger partial charge on any atom is -0.349 e. The summed E-state index contributed by atoms with van der Waals surface area (Å²) in [7, 11) is -3.62. The number of amides is 1. The number of hydrogen-bond acceptors (Lipinski definition) is 5. The van der Waals surface area contributed by atoms with E-state index in [4.69, 9.17) is 0 Å². The number of aryl methyl sites for hydroxylation is 1. The van der Waals surface area contributed by atoms with Gasteiger partial charge in [-0.25, -0.2) is 13.1 Å². The molecular weight excluding hydrogens is 462 g/mol. The van der Waals surface area contributed by atoms with Crippen LogP contribution in [0.4, 0.5) is 0 Å². The number of nitrogens with zero attached hydrogens (tertiary/aromatic N) is 4. The van der Waals surface area contributed by atoms with Crippen LogP contribution in [0.15, 0.2) is 47.4 Å². The molecule has 1 N–H and O–H groups in total. The van der Waals surface area contributed by atoms with Gasteiger partial charge >= 0.3 is 0 Å².